The summed E-state index contributed by atoms with van der Waals surface area (Å²) in [5, 5.41) is 10.7. The number of hydrogen-bond acceptors (Lipinski definition) is 6. The molecule has 3 N–H and O–H groups in total. The molecule has 0 bridgehead atoms. The van der Waals surface area contributed by atoms with Gasteiger partial charge in [-0.3, -0.25) is 0 Å². The first-order chi connectivity index (χ1) is 8.58. The molecule has 18 heavy (non-hydrogen) atoms. The largest absolute Gasteiger partial charge is 0.416 e. The van der Waals surface area contributed by atoms with Gasteiger partial charge in [-0.25, -0.2) is 4.79 Å². The van der Waals surface area contributed by atoms with Crippen LogP contribution in [0.4, 0.5) is 10.6 Å². The summed E-state index contributed by atoms with van der Waals surface area (Å²) < 4.78 is 5.19. The summed E-state index contributed by atoms with van der Waals surface area (Å²) in [6, 6.07) is 1.71. The molecule has 1 atom stereocenters. The topological polar surface area (TPSA) is 93.4 Å². The molecule has 98 valence electrons. The van der Waals surface area contributed by atoms with Crippen molar-refractivity contribution in [3.63, 3.8) is 0 Å². The number of nitrogens with zero attached hydrogens (tertiary/aromatic N) is 3. The maximum Gasteiger partial charge on any atom is 0.416 e. The van der Waals surface area contributed by atoms with Crippen molar-refractivity contribution >= 4 is 11.9 Å². The summed E-state index contributed by atoms with van der Waals surface area (Å²) in [5.74, 6) is 0.516. The van der Waals surface area contributed by atoms with E-state index in [1.54, 1.807) is 17.9 Å². The van der Waals surface area contributed by atoms with Gasteiger partial charge in [-0.15, -0.1) is 10.2 Å². The molecule has 1 aliphatic rings. The van der Waals surface area contributed by atoms with E-state index in [1.807, 2.05) is 6.92 Å². The standard InChI is InChI=1S/C11H17N5O2/c1-7-5-9(14-15-10(7)12)18-11(17)16-4-3-13-6-8(16)2/h5,8,13H,3-4,6H2,1-2H3,(H2,12,15). The highest BCUT2D eigenvalue weighted by Crippen LogP contribution is 2.14. The fourth-order valence-electron chi connectivity index (χ4n) is 1.78. The molecular weight excluding hydrogens is 234 g/mol. The van der Waals surface area contributed by atoms with Crippen LogP contribution >= 0.6 is 0 Å². The number of ether oxygens (including phenoxy) is 1. The normalized spacial score (nSPS) is 19.7. The van der Waals surface area contributed by atoms with Crippen molar-refractivity contribution in [3.8, 4) is 5.88 Å². The number of amides is 1. The van der Waals surface area contributed by atoms with Crippen LogP contribution in [0.25, 0.3) is 0 Å². The lowest BCUT2D eigenvalue weighted by Gasteiger charge is -2.32. The minimum atomic E-state index is -0.400. The Hall–Kier alpha value is -1.89. The lowest BCUT2D eigenvalue weighted by Crippen LogP contribution is -2.53. The third-order valence-electron chi connectivity index (χ3n) is 2.93. The molecule has 1 aromatic rings. The van der Waals surface area contributed by atoms with Crippen molar-refractivity contribution in [2.75, 3.05) is 25.4 Å². The number of hydrogen-bond donors (Lipinski definition) is 2. The Morgan fingerprint density at radius 2 is 2.39 bits per heavy atom. The van der Waals surface area contributed by atoms with Crippen molar-refractivity contribution in [2.24, 2.45) is 0 Å². The summed E-state index contributed by atoms with van der Waals surface area (Å²) in [4.78, 5) is 13.6. The van der Waals surface area contributed by atoms with Crippen LogP contribution in [0.15, 0.2) is 6.07 Å². The molecule has 0 radical (unpaired) electrons. The second-order valence-corrected chi connectivity index (χ2v) is 4.37. The molecule has 0 saturated carbocycles. The minimum Gasteiger partial charge on any atom is -0.389 e. The molecule has 0 aromatic carbocycles. The number of rotatable bonds is 1. The molecule has 7 nitrogen and oxygen atoms in total. The smallest absolute Gasteiger partial charge is 0.389 e. The van der Waals surface area contributed by atoms with Gasteiger partial charge in [-0.2, -0.15) is 0 Å². The highest BCUT2D eigenvalue weighted by molar-refractivity contribution is 5.70. The van der Waals surface area contributed by atoms with Crippen LogP contribution in [0.3, 0.4) is 0 Å². The molecular formula is C11H17N5O2. The molecule has 1 aliphatic heterocycles. The maximum absolute atomic E-state index is 12.0. The van der Waals surface area contributed by atoms with E-state index in [4.69, 9.17) is 10.5 Å². The molecule has 1 aromatic heterocycles. The SMILES string of the molecule is Cc1cc(OC(=O)N2CCNCC2C)nnc1N. The van der Waals surface area contributed by atoms with Gasteiger partial charge in [-0.05, 0) is 19.4 Å². The second kappa shape index (κ2) is 5.18. The van der Waals surface area contributed by atoms with E-state index in [0.29, 0.717) is 12.4 Å². The van der Waals surface area contributed by atoms with Crippen molar-refractivity contribution in [1.29, 1.82) is 0 Å². The highest BCUT2D eigenvalue weighted by Gasteiger charge is 2.25. The van der Waals surface area contributed by atoms with E-state index in [1.165, 1.54) is 0 Å². The molecule has 1 saturated heterocycles. The van der Waals surface area contributed by atoms with E-state index in [9.17, 15) is 4.79 Å². The quantitative estimate of drug-likeness (QED) is 0.738. The van der Waals surface area contributed by atoms with Crippen LogP contribution in [-0.2, 0) is 0 Å². The number of anilines is 1. The van der Waals surface area contributed by atoms with Crippen molar-refractivity contribution in [1.82, 2.24) is 20.4 Å². The first-order valence-electron chi connectivity index (χ1n) is 5.87. The van der Waals surface area contributed by atoms with Crippen LogP contribution in [-0.4, -0.2) is 46.9 Å². The average Bonchev–Trinajstić information content (AvgIpc) is 2.34. The van der Waals surface area contributed by atoms with Gasteiger partial charge in [0.25, 0.3) is 0 Å². The Balaban J connectivity index is 2.04. The molecule has 1 fully saturated rings. The number of aromatic nitrogens is 2. The Kier molecular flexibility index (Phi) is 3.61. The van der Waals surface area contributed by atoms with E-state index >= 15 is 0 Å². The zero-order valence-electron chi connectivity index (χ0n) is 10.5. The minimum absolute atomic E-state index is 0.106. The van der Waals surface area contributed by atoms with E-state index < -0.39 is 6.09 Å². The monoisotopic (exact) mass is 251 g/mol. The van der Waals surface area contributed by atoms with Crippen molar-refractivity contribution in [2.45, 2.75) is 19.9 Å². The molecule has 0 spiro atoms. The zero-order valence-corrected chi connectivity index (χ0v) is 10.5. The van der Waals surface area contributed by atoms with Crippen LogP contribution in [0, 0.1) is 6.92 Å². The van der Waals surface area contributed by atoms with Gasteiger partial charge in [0.15, 0.2) is 0 Å². The average molecular weight is 251 g/mol. The van der Waals surface area contributed by atoms with Crippen LogP contribution in [0.2, 0.25) is 0 Å². The highest BCUT2D eigenvalue weighted by atomic mass is 16.6. The molecule has 0 aliphatic carbocycles. The van der Waals surface area contributed by atoms with Gasteiger partial charge in [0.2, 0.25) is 5.88 Å². The fourth-order valence-corrected chi connectivity index (χ4v) is 1.78. The number of nitrogens with one attached hydrogen (secondary N) is 1. The van der Waals surface area contributed by atoms with Gasteiger partial charge in [-0.1, -0.05) is 0 Å². The lowest BCUT2D eigenvalue weighted by molar-refractivity contribution is 0.122. The fraction of sp³-hybridized carbons (Fsp3) is 0.545. The van der Waals surface area contributed by atoms with Crippen molar-refractivity contribution < 1.29 is 9.53 Å². The summed E-state index contributed by atoms with van der Waals surface area (Å²) in [5.41, 5.74) is 6.29. The predicted molar refractivity (Wildman–Crippen MR) is 66.2 cm³/mol. The first-order valence-corrected chi connectivity index (χ1v) is 5.87. The predicted octanol–water partition coefficient (Wildman–Crippen LogP) is 0.160. The van der Waals surface area contributed by atoms with Gasteiger partial charge >= 0.3 is 6.09 Å². The zero-order chi connectivity index (χ0) is 13.1. The number of carbonyl (C=O) groups excluding carboxylic acids is 1. The lowest BCUT2D eigenvalue weighted by atomic mass is 10.2. The third kappa shape index (κ3) is 2.67. The number of carbonyl (C=O) groups is 1. The molecule has 2 rings (SSSR count). The van der Waals surface area contributed by atoms with Gasteiger partial charge in [0.05, 0.1) is 0 Å². The van der Waals surface area contributed by atoms with Gasteiger partial charge < -0.3 is 20.7 Å². The Bertz CT molecular complexity index is 451. The number of aryl methyl sites for hydroxylation is 1. The third-order valence-corrected chi connectivity index (χ3v) is 2.93. The number of piperazine rings is 1. The van der Waals surface area contributed by atoms with E-state index in [0.717, 1.165) is 18.7 Å². The van der Waals surface area contributed by atoms with Gasteiger partial charge in [0, 0.05) is 31.7 Å². The summed E-state index contributed by atoms with van der Waals surface area (Å²) in [7, 11) is 0. The molecule has 1 amide bonds. The van der Waals surface area contributed by atoms with Crippen LogP contribution < -0.4 is 15.8 Å². The molecule has 7 heteroatoms. The Labute approximate surface area is 105 Å². The van der Waals surface area contributed by atoms with Crippen molar-refractivity contribution in [3.05, 3.63) is 11.6 Å². The maximum atomic E-state index is 12.0. The number of nitrogen functional groups attached to an aromatic ring is 1. The van der Waals surface area contributed by atoms with Crippen LogP contribution in [0.5, 0.6) is 5.88 Å². The van der Waals surface area contributed by atoms with E-state index in [-0.39, 0.29) is 11.9 Å². The molecule has 1 unspecified atom stereocenters. The summed E-state index contributed by atoms with van der Waals surface area (Å²) in [6.07, 6.45) is -0.400. The van der Waals surface area contributed by atoms with E-state index in [2.05, 4.69) is 15.5 Å². The van der Waals surface area contributed by atoms with Gasteiger partial charge in [0.1, 0.15) is 5.82 Å². The first kappa shape index (κ1) is 12.6. The Morgan fingerprint density at radius 3 is 3.06 bits per heavy atom. The van der Waals surface area contributed by atoms with Crippen LogP contribution in [0.1, 0.15) is 12.5 Å². The summed E-state index contributed by atoms with van der Waals surface area (Å²) in [6.45, 7) is 5.91. The second-order valence-electron chi connectivity index (χ2n) is 4.37. The number of nitrogens with two attached hydrogens (primary N) is 1. The Morgan fingerprint density at radius 1 is 1.61 bits per heavy atom. The molecule has 2 heterocycles. The summed E-state index contributed by atoms with van der Waals surface area (Å²) >= 11 is 0.